The lowest BCUT2D eigenvalue weighted by molar-refractivity contribution is 0.102. The smallest absolute Gasteiger partial charge is 0.278 e. The van der Waals surface area contributed by atoms with Crippen molar-refractivity contribution in [3.05, 3.63) is 82.8 Å². The minimum atomic E-state index is -0.243. The fourth-order valence-corrected chi connectivity index (χ4v) is 3.13. The van der Waals surface area contributed by atoms with Crippen molar-refractivity contribution in [1.29, 1.82) is 0 Å². The largest absolute Gasteiger partial charge is 0.494 e. The lowest BCUT2D eigenvalue weighted by Crippen LogP contribution is -2.21. The maximum absolute atomic E-state index is 12.7. The molecular formula is C23H20N4O3. The van der Waals surface area contributed by atoms with E-state index in [0.29, 0.717) is 40.3 Å². The lowest BCUT2D eigenvalue weighted by atomic mass is 10.1. The topological polar surface area (TPSA) is 86.1 Å². The normalized spacial score (nSPS) is 10.7. The van der Waals surface area contributed by atoms with Crippen LogP contribution in [0.1, 0.15) is 17.3 Å². The molecular weight excluding hydrogens is 380 g/mol. The van der Waals surface area contributed by atoms with Crippen molar-refractivity contribution in [2.75, 3.05) is 11.9 Å². The third-order valence-electron chi connectivity index (χ3n) is 4.67. The number of rotatable bonds is 5. The summed E-state index contributed by atoms with van der Waals surface area (Å²) >= 11 is 0. The van der Waals surface area contributed by atoms with Crippen LogP contribution in [0.5, 0.6) is 5.75 Å². The van der Waals surface area contributed by atoms with Crippen LogP contribution in [-0.4, -0.2) is 27.0 Å². The molecule has 7 nitrogen and oxygen atoms in total. The zero-order valence-corrected chi connectivity index (χ0v) is 16.6. The molecule has 0 aliphatic carbocycles. The summed E-state index contributed by atoms with van der Waals surface area (Å²) in [5, 5.41) is 2.85. The van der Waals surface area contributed by atoms with Crippen LogP contribution in [-0.2, 0) is 7.05 Å². The average Bonchev–Trinajstić information content (AvgIpc) is 2.78. The fourth-order valence-electron chi connectivity index (χ4n) is 3.13. The standard InChI is InChI=1S/C23H20N4O3/c1-3-30-18-12-10-17(11-13-18)25-22(28)16-8-6-15(7-9-16)20-23(29)27(2)21-19(26-20)5-4-14-24-21/h4-14H,3H2,1-2H3,(H,25,28). The van der Waals surface area contributed by atoms with E-state index in [1.165, 1.54) is 4.57 Å². The number of benzene rings is 2. The van der Waals surface area contributed by atoms with Gasteiger partial charge in [-0.05, 0) is 55.5 Å². The number of carbonyl (C=O) groups excluding carboxylic acids is 1. The molecule has 1 N–H and O–H groups in total. The summed E-state index contributed by atoms with van der Waals surface area (Å²) in [6, 6.07) is 17.6. The van der Waals surface area contributed by atoms with E-state index >= 15 is 0 Å². The van der Waals surface area contributed by atoms with Gasteiger partial charge >= 0.3 is 0 Å². The Bertz CT molecular complexity index is 1260. The van der Waals surface area contributed by atoms with Gasteiger partial charge in [0.1, 0.15) is 17.0 Å². The third-order valence-corrected chi connectivity index (χ3v) is 4.67. The number of nitrogens with one attached hydrogen (secondary N) is 1. The van der Waals surface area contributed by atoms with E-state index in [9.17, 15) is 9.59 Å². The van der Waals surface area contributed by atoms with Crippen LogP contribution in [0.3, 0.4) is 0 Å². The first-order valence-corrected chi connectivity index (χ1v) is 9.53. The van der Waals surface area contributed by atoms with Crippen molar-refractivity contribution < 1.29 is 9.53 Å². The molecule has 2 aromatic carbocycles. The summed E-state index contributed by atoms with van der Waals surface area (Å²) in [7, 11) is 1.67. The van der Waals surface area contributed by atoms with Gasteiger partial charge in [0.2, 0.25) is 0 Å². The predicted octanol–water partition coefficient (Wildman–Crippen LogP) is 3.65. The van der Waals surface area contributed by atoms with Crippen LogP contribution >= 0.6 is 0 Å². The van der Waals surface area contributed by atoms with E-state index in [0.717, 1.165) is 5.75 Å². The zero-order valence-electron chi connectivity index (χ0n) is 16.6. The fraction of sp³-hybridized carbons (Fsp3) is 0.130. The molecule has 0 saturated heterocycles. The molecule has 4 rings (SSSR count). The third kappa shape index (κ3) is 3.77. The Morgan fingerprint density at radius 1 is 1.07 bits per heavy atom. The van der Waals surface area contributed by atoms with E-state index < -0.39 is 0 Å². The SMILES string of the molecule is CCOc1ccc(NC(=O)c2ccc(-c3nc4cccnc4n(C)c3=O)cc2)cc1. The van der Waals surface area contributed by atoms with E-state index in [4.69, 9.17) is 4.74 Å². The van der Waals surface area contributed by atoms with E-state index in [2.05, 4.69) is 15.3 Å². The molecule has 2 aromatic heterocycles. The maximum atomic E-state index is 12.7. The monoisotopic (exact) mass is 400 g/mol. The molecule has 150 valence electrons. The number of hydrogen-bond donors (Lipinski definition) is 1. The second-order valence-corrected chi connectivity index (χ2v) is 6.66. The number of fused-ring (bicyclic) bond motifs is 1. The van der Waals surface area contributed by atoms with Crippen LogP contribution in [0.2, 0.25) is 0 Å². The average molecular weight is 400 g/mol. The number of nitrogens with zero attached hydrogens (tertiary/aromatic N) is 3. The summed E-state index contributed by atoms with van der Waals surface area (Å²) in [5.41, 5.74) is 3.02. The zero-order chi connectivity index (χ0) is 21.1. The molecule has 0 unspecified atom stereocenters. The Morgan fingerprint density at radius 3 is 2.50 bits per heavy atom. The number of pyridine rings is 1. The minimum absolute atomic E-state index is 0.241. The summed E-state index contributed by atoms with van der Waals surface area (Å²) in [6.45, 7) is 2.50. The van der Waals surface area contributed by atoms with Crippen molar-refractivity contribution in [2.24, 2.45) is 7.05 Å². The molecule has 0 fully saturated rings. The Kier molecular flexibility index (Phi) is 5.26. The van der Waals surface area contributed by atoms with Crippen molar-refractivity contribution in [1.82, 2.24) is 14.5 Å². The number of amides is 1. The van der Waals surface area contributed by atoms with Crippen LogP contribution in [0, 0.1) is 0 Å². The first kappa shape index (κ1) is 19.3. The van der Waals surface area contributed by atoms with Crippen LogP contribution in [0.4, 0.5) is 5.69 Å². The minimum Gasteiger partial charge on any atom is -0.494 e. The highest BCUT2D eigenvalue weighted by Gasteiger charge is 2.13. The lowest BCUT2D eigenvalue weighted by Gasteiger charge is -2.09. The Labute approximate surface area is 173 Å². The Hall–Kier alpha value is -4.00. The molecule has 7 heteroatoms. The number of hydrogen-bond acceptors (Lipinski definition) is 5. The molecule has 4 aromatic rings. The van der Waals surface area contributed by atoms with Gasteiger partial charge in [0.25, 0.3) is 11.5 Å². The first-order valence-electron chi connectivity index (χ1n) is 9.53. The molecule has 0 spiro atoms. The number of aryl methyl sites for hydroxylation is 1. The molecule has 0 aliphatic rings. The van der Waals surface area contributed by atoms with Crippen LogP contribution in [0.15, 0.2) is 71.7 Å². The highest BCUT2D eigenvalue weighted by atomic mass is 16.5. The molecule has 0 atom stereocenters. The van der Waals surface area contributed by atoms with Gasteiger partial charge in [0.15, 0.2) is 5.65 Å². The quantitative estimate of drug-likeness (QED) is 0.553. The number of aromatic nitrogens is 3. The molecule has 1 amide bonds. The number of anilines is 1. The van der Waals surface area contributed by atoms with Gasteiger partial charge in [-0.3, -0.25) is 14.2 Å². The van der Waals surface area contributed by atoms with Gasteiger partial charge in [-0.2, -0.15) is 0 Å². The number of ether oxygens (including phenoxy) is 1. The van der Waals surface area contributed by atoms with Crippen molar-refractivity contribution in [3.63, 3.8) is 0 Å². The van der Waals surface area contributed by atoms with Gasteiger partial charge in [-0.15, -0.1) is 0 Å². The molecule has 30 heavy (non-hydrogen) atoms. The summed E-state index contributed by atoms with van der Waals surface area (Å²) in [5.74, 6) is 0.508. The summed E-state index contributed by atoms with van der Waals surface area (Å²) < 4.78 is 6.88. The molecule has 0 aliphatic heterocycles. The van der Waals surface area contributed by atoms with E-state index in [-0.39, 0.29) is 11.5 Å². The molecule has 0 bridgehead atoms. The molecule has 0 radical (unpaired) electrons. The van der Waals surface area contributed by atoms with E-state index in [1.807, 2.05) is 13.0 Å². The predicted molar refractivity (Wildman–Crippen MR) is 116 cm³/mol. The highest BCUT2D eigenvalue weighted by Crippen LogP contribution is 2.19. The summed E-state index contributed by atoms with van der Waals surface area (Å²) in [6.07, 6.45) is 1.63. The second-order valence-electron chi connectivity index (χ2n) is 6.66. The number of carbonyl (C=O) groups is 1. The van der Waals surface area contributed by atoms with Gasteiger partial charge in [-0.25, -0.2) is 9.97 Å². The van der Waals surface area contributed by atoms with E-state index in [1.54, 1.807) is 67.8 Å². The van der Waals surface area contributed by atoms with Crippen molar-refractivity contribution in [3.8, 4) is 17.0 Å². The molecule has 0 saturated carbocycles. The van der Waals surface area contributed by atoms with Gasteiger partial charge in [-0.1, -0.05) is 12.1 Å². The van der Waals surface area contributed by atoms with Crippen molar-refractivity contribution >= 4 is 22.8 Å². The highest BCUT2D eigenvalue weighted by molar-refractivity contribution is 6.04. The Morgan fingerprint density at radius 2 is 1.80 bits per heavy atom. The summed E-state index contributed by atoms with van der Waals surface area (Å²) in [4.78, 5) is 33.9. The maximum Gasteiger partial charge on any atom is 0.278 e. The van der Waals surface area contributed by atoms with Crippen LogP contribution < -0.4 is 15.6 Å². The van der Waals surface area contributed by atoms with Gasteiger partial charge in [0, 0.05) is 30.1 Å². The van der Waals surface area contributed by atoms with Crippen molar-refractivity contribution in [2.45, 2.75) is 6.92 Å². The second kappa shape index (κ2) is 8.16. The first-order chi connectivity index (χ1) is 14.6. The van der Waals surface area contributed by atoms with Crippen LogP contribution in [0.25, 0.3) is 22.4 Å². The Balaban J connectivity index is 1.57. The van der Waals surface area contributed by atoms with Gasteiger partial charge < -0.3 is 10.1 Å². The molecule has 2 heterocycles. The van der Waals surface area contributed by atoms with Gasteiger partial charge in [0.05, 0.1) is 6.61 Å².